The van der Waals surface area contributed by atoms with Crippen LogP contribution < -0.4 is 10.1 Å². The molecule has 28 heavy (non-hydrogen) atoms. The van der Waals surface area contributed by atoms with Crippen LogP contribution in [0.5, 0.6) is 5.75 Å². The number of ether oxygens (including phenoxy) is 3. The molecular formula is C21H27NO6. The first-order valence-electron chi connectivity index (χ1n) is 9.11. The zero-order valence-electron chi connectivity index (χ0n) is 16.6. The highest BCUT2D eigenvalue weighted by molar-refractivity contribution is 5.88. The van der Waals surface area contributed by atoms with Gasteiger partial charge in [0, 0.05) is 25.8 Å². The summed E-state index contributed by atoms with van der Waals surface area (Å²) in [4.78, 5) is 23.1. The number of hydrogen-bond acceptors (Lipinski definition) is 7. The van der Waals surface area contributed by atoms with Gasteiger partial charge in [0.1, 0.15) is 24.0 Å². The van der Waals surface area contributed by atoms with Gasteiger partial charge >= 0.3 is 11.9 Å². The van der Waals surface area contributed by atoms with Crippen LogP contribution in [-0.4, -0.2) is 48.1 Å². The van der Waals surface area contributed by atoms with Gasteiger partial charge in [-0.1, -0.05) is 36.4 Å². The van der Waals surface area contributed by atoms with Crippen LogP contribution in [0.3, 0.4) is 0 Å². The number of rotatable bonds is 9. The van der Waals surface area contributed by atoms with Crippen LogP contribution in [0.1, 0.15) is 27.7 Å². The number of β-amino-alcohol motifs (C(OH)–C–C–N with tert-alkyl or cyclic N) is 1. The number of nitrogens with one attached hydrogen (secondary N) is 1. The van der Waals surface area contributed by atoms with Gasteiger partial charge in [0.25, 0.3) is 0 Å². The van der Waals surface area contributed by atoms with Crippen LogP contribution >= 0.6 is 0 Å². The number of esters is 2. The number of aliphatic hydroxyl groups excluding tert-OH is 1. The Morgan fingerprint density at radius 2 is 1.79 bits per heavy atom. The van der Waals surface area contributed by atoms with E-state index in [1.54, 1.807) is 13.8 Å². The largest absolute Gasteiger partial charge is 0.490 e. The maximum Gasteiger partial charge on any atom is 0.328 e. The first kappa shape index (κ1) is 21.7. The van der Waals surface area contributed by atoms with E-state index in [0.717, 1.165) is 10.8 Å². The second-order valence-electron chi connectivity index (χ2n) is 7.03. The van der Waals surface area contributed by atoms with Crippen LogP contribution in [0.25, 0.3) is 10.8 Å². The molecule has 152 valence electrons. The third-order valence-electron chi connectivity index (χ3n) is 4.08. The molecule has 2 atom stereocenters. The normalized spacial score (nSPS) is 13.6. The summed E-state index contributed by atoms with van der Waals surface area (Å²) in [6, 6.07) is 13.6. The summed E-state index contributed by atoms with van der Waals surface area (Å²) < 4.78 is 15.6. The van der Waals surface area contributed by atoms with Crippen molar-refractivity contribution in [3.63, 3.8) is 0 Å². The lowest BCUT2D eigenvalue weighted by atomic mass is 10.1. The van der Waals surface area contributed by atoms with E-state index in [0.29, 0.717) is 5.75 Å². The average molecular weight is 389 g/mol. The standard InChI is InChI=1S/C21H27NO6/c1-14(23)27-15(2)28-20(25)21(3,4)22-12-17(24)13-26-19-11-7-9-16-8-5-6-10-18(16)19/h5-11,15,17,22,24H,12-13H2,1-4H3. The summed E-state index contributed by atoms with van der Waals surface area (Å²) in [6.07, 6.45) is -1.82. The summed E-state index contributed by atoms with van der Waals surface area (Å²) in [5.74, 6) is -0.443. The van der Waals surface area contributed by atoms with Gasteiger partial charge in [0.05, 0.1) is 0 Å². The Hall–Kier alpha value is -2.64. The SMILES string of the molecule is CC(=O)OC(C)OC(=O)C(C)(C)NCC(O)COc1cccc2ccccc12. The van der Waals surface area contributed by atoms with Gasteiger partial charge in [-0.2, -0.15) is 0 Å². The Balaban J connectivity index is 1.84. The summed E-state index contributed by atoms with van der Waals surface area (Å²) in [7, 11) is 0. The molecule has 2 rings (SSSR count). The van der Waals surface area contributed by atoms with Crippen molar-refractivity contribution in [2.75, 3.05) is 13.2 Å². The first-order valence-corrected chi connectivity index (χ1v) is 9.11. The van der Waals surface area contributed by atoms with Gasteiger partial charge in [-0.3, -0.25) is 10.1 Å². The van der Waals surface area contributed by atoms with Crippen LogP contribution in [0.15, 0.2) is 42.5 Å². The fourth-order valence-electron chi connectivity index (χ4n) is 2.57. The predicted molar refractivity (Wildman–Crippen MR) is 105 cm³/mol. The highest BCUT2D eigenvalue weighted by Crippen LogP contribution is 2.25. The van der Waals surface area contributed by atoms with E-state index < -0.39 is 29.9 Å². The fraction of sp³-hybridized carbons (Fsp3) is 0.429. The smallest absolute Gasteiger partial charge is 0.328 e. The topological polar surface area (TPSA) is 94.1 Å². The molecule has 2 aromatic rings. The molecule has 7 heteroatoms. The molecule has 0 aromatic heterocycles. The molecule has 0 aliphatic rings. The van der Waals surface area contributed by atoms with E-state index >= 15 is 0 Å². The van der Waals surface area contributed by atoms with Crippen molar-refractivity contribution in [1.82, 2.24) is 5.32 Å². The molecule has 0 aliphatic carbocycles. The van der Waals surface area contributed by atoms with Crippen LogP contribution in [0, 0.1) is 0 Å². The Bertz CT molecular complexity index is 814. The van der Waals surface area contributed by atoms with E-state index in [1.807, 2.05) is 42.5 Å². The molecule has 2 aromatic carbocycles. The molecular weight excluding hydrogens is 362 g/mol. The van der Waals surface area contributed by atoms with Gasteiger partial charge in [0.2, 0.25) is 6.29 Å². The number of benzene rings is 2. The van der Waals surface area contributed by atoms with Crippen molar-refractivity contribution in [1.29, 1.82) is 0 Å². The van der Waals surface area contributed by atoms with Crippen molar-refractivity contribution >= 4 is 22.7 Å². The Morgan fingerprint density at radius 1 is 1.11 bits per heavy atom. The Labute approximate surface area is 164 Å². The predicted octanol–water partition coefficient (Wildman–Crippen LogP) is 2.40. The van der Waals surface area contributed by atoms with Crippen LogP contribution in [-0.2, 0) is 19.1 Å². The number of fused-ring (bicyclic) bond motifs is 1. The highest BCUT2D eigenvalue weighted by atomic mass is 16.7. The first-order chi connectivity index (χ1) is 13.2. The maximum absolute atomic E-state index is 12.2. The van der Waals surface area contributed by atoms with Gasteiger partial charge < -0.3 is 19.3 Å². The molecule has 0 saturated carbocycles. The minimum absolute atomic E-state index is 0.0655. The van der Waals surface area contributed by atoms with Gasteiger partial charge in [-0.25, -0.2) is 4.79 Å². The lowest BCUT2D eigenvalue weighted by Crippen LogP contribution is -2.51. The zero-order chi connectivity index (χ0) is 20.7. The van der Waals surface area contributed by atoms with Crippen molar-refractivity contribution in [3.8, 4) is 5.75 Å². The molecule has 0 aliphatic heterocycles. The van der Waals surface area contributed by atoms with E-state index in [-0.39, 0.29) is 13.2 Å². The lowest BCUT2D eigenvalue weighted by molar-refractivity contribution is -0.187. The summed E-state index contributed by atoms with van der Waals surface area (Å²) in [6.45, 7) is 6.12. The van der Waals surface area contributed by atoms with Gasteiger partial charge in [-0.15, -0.1) is 0 Å². The average Bonchev–Trinajstić information content (AvgIpc) is 2.64. The third kappa shape index (κ3) is 6.21. The molecule has 7 nitrogen and oxygen atoms in total. The molecule has 2 unspecified atom stereocenters. The van der Waals surface area contributed by atoms with E-state index in [2.05, 4.69) is 5.32 Å². The summed E-state index contributed by atoms with van der Waals surface area (Å²) in [5, 5.41) is 15.2. The minimum atomic E-state index is -1.07. The molecule has 0 spiro atoms. The van der Waals surface area contributed by atoms with Crippen molar-refractivity contribution in [2.45, 2.75) is 45.6 Å². The second-order valence-corrected chi connectivity index (χ2v) is 7.03. The number of hydrogen-bond donors (Lipinski definition) is 2. The van der Waals surface area contributed by atoms with Crippen molar-refractivity contribution in [2.24, 2.45) is 0 Å². The Morgan fingerprint density at radius 3 is 2.50 bits per heavy atom. The zero-order valence-corrected chi connectivity index (χ0v) is 16.6. The van der Waals surface area contributed by atoms with E-state index in [4.69, 9.17) is 14.2 Å². The summed E-state index contributed by atoms with van der Waals surface area (Å²) >= 11 is 0. The van der Waals surface area contributed by atoms with Crippen molar-refractivity contribution in [3.05, 3.63) is 42.5 Å². The highest BCUT2D eigenvalue weighted by Gasteiger charge is 2.31. The minimum Gasteiger partial charge on any atom is -0.490 e. The lowest BCUT2D eigenvalue weighted by Gasteiger charge is -2.27. The second kappa shape index (κ2) is 9.52. The number of carbonyl (C=O) groups is 2. The molecule has 0 saturated heterocycles. The molecule has 0 radical (unpaired) electrons. The molecule has 0 amide bonds. The Kier molecular flexibility index (Phi) is 7.37. The van der Waals surface area contributed by atoms with Gasteiger partial charge in [0.15, 0.2) is 0 Å². The number of carbonyl (C=O) groups excluding carboxylic acids is 2. The van der Waals surface area contributed by atoms with E-state index in [9.17, 15) is 14.7 Å². The molecule has 0 fully saturated rings. The van der Waals surface area contributed by atoms with E-state index in [1.165, 1.54) is 13.8 Å². The van der Waals surface area contributed by atoms with Crippen LogP contribution in [0.2, 0.25) is 0 Å². The monoisotopic (exact) mass is 389 g/mol. The summed E-state index contributed by atoms with van der Waals surface area (Å²) in [5.41, 5.74) is -1.07. The molecule has 0 heterocycles. The third-order valence-corrected chi connectivity index (χ3v) is 4.08. The molecule has 0 bridgehead atoms. The maximum atomic E-state index is 12.2. The number of aliphatic hydroxyl groups is 1. The van der Waals surface area contributed by atoms with Crippen LogP contribution in [0.4, 0.5) is 0 Å². The van der Waals surface area contributed by atoms with Gasteiger partial charge in [-0.05, 0) is 25.3 Å². The van der Waals surface area contributed by atoms with Crippen molar-refractivity contribution < 1.29 is 28.9 Å². The quantitative estimate of drug-likeness (QED) is 0.502. The fourth-order valence-corrected chi connectivity index (χ4v) is 2.57. The molecule has 2 N–H and O–H groups in total.